The summed E-state index contributed by atoms with van der Waals surface area (Å²) in [7, 11) is 1.55. The quantitative estimate of drug-likeness (QED) is 0.453. The van der Waals surface area contributed by atoms with Gasteiger partial charge < -0.3 is 10.0 Å². The van der Waals surface area contributed by atoms with E-state index in [1.165, 1.54) is 11.8 Å². The third-order valence-electron chi connectivity index (χ3n) is 2.48. The third-order valence-corrected chi connectivity index (χ3v) is 2.48. The van der Waals surface area contributed by atoms with Crippen LogP contribution >= 0.6 is 0 Å². The van der Waals surface area contributed by atoms with Crippen LogP contribution in [-0.4, -0.2) is 24.2 Å². The number of oxime groups is 2. The van der Waals surface area contributed by atoms with E-state index in [4.69, 9.17) is 10.0 Å². The predicted molar refractivity (Wildman–Crippen MR) is 57.7 cm³/mol. The predicted octanol–water partition coefficient (Wildman–Crippen LogP) is 1.79. The standard InChI is InChI=1S/C11H12N2O2/c1-15-13-11-5-3-9-6-8(7-12-14)2-4-10(9)11/h2,4,6-7,14H,3,5H2,1H3. The highest BCUT2D eigenvalue weighted by Crippen LogP contribution is 2.23. The van der Waals surface area contributed by atoms with Gasteiger partial charge in [-0.2, -0.15) is 0 Å². The van der Waals surface area contributed by atoms with Crippen LogP contribution in [0.5, 0.6) is 0 Å². The molecular formula is C11H12N2O2. The van der Waals surface area contributed by atoms with Crippen molar-refractivity contribution in [3.63, 3.8) is 0 Å². The summed E-state index contributed by atoms with van der Waals surface area (Å²) in [6.07, 6.45) is 3.29. The zero-order valence-corrected chi connectivity index (χ0v) is 8.47. The van der Waals surface area contributed by atoms with Crippen molar-refractivity contribution in [3.05, 3.63) is 34.9 Å². The summed E-state index contributed by atoms with van der Waals surface area (Å²) in [5.41, 5.74) is 4.24. The molecule has 1 aromatic carbocycles. The van der Waals surface area contributed by atoms with Crippen molar-refractivity contribution in [1.82, 2.24) is 0 Å². The first kappa shape index (κ1) is 9.71. The van der Waals surface area contributed by atoms with Gasteiger partial charge in [-0.15, -0.1) is 0 Å². The lowest BCUT2D eigenvalue weighted by atomic mass is 10.1. The molecule has 0 spiro atoms. The van der Waals surface area contributed by atoms with Crippen LogP contribution < -0.4 is 0 Å². The van der Waals surface area contributed by atoms with Crippen molar-refractivity contribution >= 4 is 11.9 Å². The third kappa shape index (κ3) is 1.83. The molecule has 0 saturated carbocycles. The molecule has 0 heterocycles. The van der Waals surface area contributed by atoms with Gasteiger partial charge in [-0.25, -0.2) is 0 Å². The van der Waals surface area contributed by atoms with Gasteiger partial charge in [0.2, 0.25) is 0 Å². The van der Waals surface area contributed by atoms with Gasteiger partial charge in [0.25, 0.3) is 0 Å². The van der Waals surface area contributed by atoms with Crippen molar-refractivity contribution in [1.29, 1.82) is 0 Å². The monoisotopic (exact) mass is 204 g/mol. The molecule has 0 bridgehead atoms. The van der Waals surface area contributed by atoms with Crippen LogP contribution in [-0.2, 0) is 11.3 Å². The van der Waals surface area contributed by atoms with E-state index >= 15 is 0 Å². The summed E-state index contributed by atoms with van der Waals surface area (Å²) in [6.45, 7) is 0. The molecule has 2 rings (SSSR count). The molecule has 15 heavy (non-hydrogen) atoms. The van der Waals surface area contributed by atoms with Crippen molar-refractivity contribution < 1.29 is 10.0 Å². The SMILES string of the molecule is CON=C1CCc2cc(C=NO)ccc21. The van der Waals surface area contributed by atoms with Crippen molar-refractivity contribution in [2.75, 3.05) is 7.11 Å². The Bertz CT molecular complexity index is 425. The fourth-order valence-electron chi connectivity index (χ4n) is 1.84. The number of aryl methyl sites for hydroxylation is 1. The summed E-state index contributed by atoms with van der Waals surface area (Å²) in [6, 6.07) is 5.89. The zero-order chi connectivity index (χ0) is 10.7. The van der Waals surface area contributed by atoms with E-state index in [0.29, 0.717) is 0 Å². The number of benzene rings is 1. The van der Waals surface area contributed by atoms with Gasteiger partial charge in [-0.3, -0.25) is 0 Å². The highest BCUT2D eigenvalue weighted by molar-refractivity contribution is 6.04. The van der Waals surface area contributed by atoms with Crippen molar-refractivity contribution in [2.45, 2.75) is 12.8 Å². The second-order valence-electron chi connectivity index (χ2n) is 3.38. The lowest BCUT2D eigenvalue weighted by Gasteiger charge is -2.00. The maximum Gasteiger partial charge on any atom is 0.106 e. The highest BCUT2D eigenvalue weighted by Gasteiger charge is 2.18. The first-order valence-electron chi connectivity index (χ1n) is 4.76. The largest absolute Gasteiger partial charge is 0.411 e. The van der Waals surface area contributed by atoms with Crippen LogP contribution in [0.4, 0.5) is 0 Å². The molecular weight excluding hydrogens is 192 g/mol. The van der Waals surface area contributed by atoms with Crippen LogP contribution in [0.3, 0.4) is 0 Å². The first-order chi connectivity index (χ1) is 7.35. The van der Waals surface area contributed by atoms with E-state index in [1.54, 1.807) is 7.11 Å². The molecule has 0 unspecified atom stereocenters. The van der Waals surface area contributed by atoms with Gasteiger partial charge >= 0.3 is 0 Å². The highest BCUT2D eigenvalue weighted by atomic mass is 16.6. The molecule has 0 atom stereocenters. The van der Waals surface area contributed by atoms with E-state index in [9.17, 15) is 0 Å². The molecule has 0 radical (unpaired) electrons. The molecule has 1 N–H and O–H groups in total. The Kier molecular flexibility index (Phi) is 2.67. The maximum absolute atomic E-state index is 8.43. The maximum atomic E-state index is 8.43. The molecule has 0 aliphatic heterocycles. The average Bonchev–Trinajstić information content (AvgIpc) is 2.62. The Hall–Kier alpha value is -1.84. The summed E-state index contributed by atoms with van der Waals surface area (Å²) in [4.78, 5) is 4.78. The van der Waals surface area contributed by atoms with Crippen LogP contribution in [0.2, 0.25) is 0 Å². The fourth-order valence-corrected chi connectivity index (χ4v) is 1.84. The van der Waals surface area contributed by atoms with Crippen LogP contribution in [0.25, 0.3) is 0 Å². The minimum Gasteiger partial charge on any atom is -0.411 e. The Morgan fingerprint density at radius 2 is 2.27 bits per heavy atom. The van der Waals surface area contributed by atoms with Crippen LogP contribution in [0.15, 0.2) is 28.5 Å². The molecule has 1 aromatic rings. The van der Waals surface area contributed by atoms with Gasteiger partial charge in [0.15, 0.2) is 0 Å². The smallest absolute Gasteiger partial charge is 0.106 e. The number of hydrogen-bond acceptors (Lipinski definition) is 4. The van der Waals surface area contributed by atoms with Crippen LogP contribution in [0.1, 0.15) is 23.1 Å². The van der Waals surface area contributed by atoms with E-state index in [0.717, 1.165) is 29.7 Å². The molecule has 0 fully saturated rings. The second kappa shape index (κ2) is 4.13. The molecule has 4 nitrogen and oxygen atoms in total. The lowest BCUT2D eigenvalue weighted by molar-refractivity contribution is 0.213. The summed E-state index contributed by atoms with van der Waals surface area (Å²) in [5, 5.41) is 15.4. The number of rotatable bonds is 2. The molecule has 1 aliphatic carbocycles. The summed E-state index contributed by atoms with van der Waals surface area (Å²) >= 11 is 0. The summed E-state index contributed by atoms with van der Waals surface area (Å²) < 4.78 is 0. The van der Waals surface area contributed by atoms with Gasteiger partial charge in [-0.05, 0) is 30.0 Å². The van der Waals surface area contributed by atoms with Gasteiger partial charge in [-0.1, -0.05) is 22.4 Å². The topological polar surface area (TPSA) is 54.2 Å². The van der Waals surface area contributed by atoms with Crippen molar-refractivity contribution in [3.8, 4) is 0 Å². The molecule has 0 aromatic heterocycles. The van der Waals surface area contributed by atoms with Gasteiger partial charge in [0, 0.05) is 5.56 Å². The molecule has 0 saturated heterocycles. The molecule has 0 amide bonds. The van der Waals surface area contributed by atoms with Crippen molar-refractivity contribution in [2.24, 2.45) is 10.3 Å². The average molecular weight is 204 g/mol. The molecule has 4 heteroatoms. The Balaban J connectivity index is 2.37. The minimum absolute atomic E-state index is 0.898. The molecule has 1 aliphatic rings. The second-order valence-corrected chi connectivity index (χ2v) is 3.38. The Morgan fingerprint density at radius 3 is 3.00 bits per heavy atom. The fraction of sp³-hybridized carbons (Fsp3) is 0.273. The zero-order valence-electron chi connectivity index (χ0n) is 8.47. The minimum atomic E-state index is 0.898. The number of nitrogens with zero attached hydrogens (tertiary/aromatic N) is 2. The molecule has 78 valence electrons. The number of fused-ring (bicyclic) bond motifs is 1. The van der Waals surface area contributed by atoms with Crippen LogP contribution in [0, 0.1) is 0 Å². The lowest BCUT2D eigenvalue weighted by Crippen LogP contribution is -1.95. The number of hydrogen-bond donors (Lipinski definition) is 1. The normalized spacial score (nSPS) is 17.3. The van der Waals surface area contributed by atoms with E-state index in [1.807, 2.05) is 18.2 Å². The van der Waals surface area contributed by atoms with Gasteiger partial charge in [0.1, 0.15) is 7.11 Å². The first-order valence-corrected chi connectivity index (χ1v) is 4.76. The Labute approximate surface area is 87.9 Å². The van der Waals surface area contributed by atoms with E-state index in [2.05, 4.69) is 10.3 Å². The van der Waals surface area contributed by atoms with Gasteiger partial charge in [0.05, 0.1) is 11.9 Å². The Morgan fingerprint density at radius 1 is 1.40 bits per heavy atom. The van der Waals surface area contributed by atoms with E-state index in [-0.39, 0.29) is 0 Å². The summed E-state index contributed by atoms with van der Waals surface area (Å²) in [5.74, 6) is 0. The van der Waals surface area contributed by atoms with E-state index < -0.39 is 0 Å².